The van der Waals surface area contributed by atoms with E-state index in [0.717, 1.165) is 10.9 Å². The summed E-state index contributed by atoms with van der Waals surface area (Å²) in [4.78, 5) is 12.4. The van der Waals surface area contributed by atoms with E-state index in [1.165, 1.54) is 30.6 Å². The fourth-order valence-corrected chi connectivity index (χ4v) is 3.15. The summed E-state index contributed by atoms with van der Waals surface area (Å²) < 4.78 is 0. The van der Waals surface area contributed by atoms with Gasteiger partial charge in [0.1, 0.15) is 4.88 Å². The summed E-state index contributed by atoms with van der Waals surface area (Å²) in [5.74, 6) is 0.655. The van der Waals surface area contributed by atoms with Crippen LogP contribution in [0.25, 0.3) is 0 Å². The Balaban J connectivity index is 1.93. The molecule has 0 aliphatic heterocycles. The number of rotatable bonds is 7. The van der Waals surface area contributed by atoms with E-state index in [1.807, 2.05) is 6.07 Å². The topological polar surface area (TPSA) is 67.2 Å². The summed E-state index contributed by atoms with van der Waals surface area (Å²) in [6, 6.07) is 2.41. The van der Waals surface area contributed by atoms with Crippen LogP contribution in [0.4, 0.5) is 10.7 Å². The molecule has 1 aliphatic carbocycles. The van der Waals surface area contributed by atoms with Crippen LogP contribution in [0.1, 0.15) is 35.9 Å². The molecule has 4 nitrogen and oxygen atoms in total. The fourth-order valence-electron chi connectivity index (χ4n) is 2.20. The van der Waals surface area contributed by atoms with Gasteiger partial charge in [-0.3, -0.25) is 4.79 Å². The zero-order valence-electron chi connectivity index (χ0n) is 11.2. The molecule has 0 radical (unpaired) electrons. The van der Waals surface area contributed by atoms with Gasteiger partial charge < -0.3 is 16.4 Å². The quantitative estimate of drug-likeness (QED) is 0.672. The van der Waals surface area contributed by atoms with Gasteiger partial charge in [-0.2, -0.15) is 0 Å². The molecule has 1 aliphatic rings. The number of anilines is 2. The van der Waals surface area contributed by atoms with E-state index < -0.39 is 0 Å². The number of amides is 1. The van der Waals surface area contributed by atoms with Crippen molar-refractivity contribution < 1.29 is 4.79 Å². The molecule has 0 saturated heterocycles. The van der Waals surface area contributed by atoms with Gasteiger partial charge >= 0.3 is 0 Å². The summed E-state index contributed by atoms with van der Waals surface area (Å²) >= 11 is 1.42. The molecule has 2 unspecified atom stereocenters. The lowest BCUT2D eigenvalue weighted by Crippen LogP contribution is -2.22. The van der Waals surface area contributed by atoms with Crippen LogP contribution in [0.5, 0.6) is 0 Å². The maximum atomic E-state index is 11.8. The molecule has 0 aromatic carbocycles. The number of carbonyl (C=O) groups excluding carboxylic acids is 1. The normalized spacial score (nSPS) is 20.9. The lowest BCUT2D eigenvalue weighted by atomic mass is 10.2. The first-order valence-corrected chi connectivity index (χ1v) is 7.52. The lowest BCUT2D eigenvalue weighted by Gasteiger charge is -2.01. The number of carbonyl (C=O) groups is 1. The molecular weight excluding hydrogens is 258 g/mol. The van der Waals surface area contributed by atoms with Crippen LogP contribution in [-0.2, 0) is 0 Å². The minimum Gasteiger partial charge on any atom is -0.397 e. The second-order valence-corrected chi connectivity index (χ2v) is 5.98. The predicted octanol–water partition coefficient (Wildman–Crippen LogP) is 2.85. The molecule has 1 aromatic rings. The molecule has 2 rings (SSSR count). The molecule has 0 spiro atoms. The first-order valence-electron chi connectivity index (χ1n) is 6.70. The van der Waals surface area contributed by atoms with E-state index in [9.17, 15) is 4.79 Å². The van der Waals surface area contributed by atoms with Crippen LogP contribution in [-0.4, -0.2) is 18.5 Å². The largest absolute Gasteiger partial charge is 0.397 e. The van der Waals surface area contributed by atoms with E-state index in [0.29, 0.717) is 23.2 Å². The van der Waals surface area contributed by atoms with Gasteiger partial charge in [-0.05, 0) is 24.8 Å². The second-order valence-electron chi connectivity index (χ2n) is 4.93. The molecule has 5 heteroatoms. The SMILES string of the molecule is C=CCNC(=O)c1sc(NC2CC2CCC)cc1N. The van der Waals surface area contributed by atoms with Gasteiger partial charge in [0, 0.05) is 12.6 Å². The van der Waals surface area contributed by atoms with Gasteiger partial charge in [-0.25, -0.2) is 0 Å². The van der Waals surface area contributed by atoms with Crippen molar-refractivity contribution in [3.05, 3.63) is 23.6 Å². The number of thiophene rings is 1. The summed E-state index contributed by atoms with van der Waals surface area (Å²) in [6.45, 7) is 6.24. The van der Waals surface area contributed by atoms with E-state index in [-0.39, 0.29) is 5.91 Å². The summed E-state index contributed by atoms with van der Waals surface area (Å²) in [5.41, 5.74) is 6.43. The molecule has 104 valence electrons. The Morgan fingerprint density at radius 1 is 1.68 bits per heavy atom. The van der Waals surface area contributed by atoms with Crippen LogP contribution in [0.2, 0.25) is 0 Å². The molecule has 2 atom stereocenters. The molecule has 1 aromatic heterocycles. The van der Waals surface area contributed by atoms with Crippen LogP contribution in [0.3, 0.4) is 0 Å². The smallest absolute Gasteiger partial charge is 0.263 e. The molecule has 0 bridgehead atoms. The fraction of sp³-hybridized carbons (Fsp3) is 0.500. The Morgan fingerprint density at radius 3 is 3.16 bits per heavy atom. The summed E-state index contributed by atoms with van der Waals surface area (Å²) in [5, 5.41) is 7.20. The first kappa shape index (κ1) is 13.9. The molecule has 19 heavy (non-hydrogen) atoms. The van der Waals surface area contributed by atoms with Gasteiger partial charge in [0.2, 0.25) is 0 Å². The summed E-state index contributed by atoms with van der Waals surface area (Å²) in [6.07, 6.45) is 5.37. The van der Waals surface area contributed by atoms with E-state index in [2.05, 4.69) is 24.1 Å². The number of nitrogens with one attached hydrogen (secondary N) is 2. The Kier molecular flexibility index (Phi) is 4.47. The molecule has 1 heterocycles. The number of hydrogen-bond donors (Lipinski definition) is 3. The van der Waals surface area contributed by atoms with Crippen molar-refractivity contribution >= 4 is 27.9 Å². The zero-order chi connectivity index (χ0) is 13.8. The highest BCUT2D eigenvalue weighted by molar-refractivity contribution is 7.18. The van der Waals surface area contributed by atoms with Gasteiger partial charge in [0.15, 0.2) is 0 Å². The average molecular weight is 279 g/mol. The van der Waals surface area contributed by atoms with Gasteiger partial charge in [0.05, 0.1) is 10.7 Å². The Morgan fingerprint density at radius 2 is 2.47 bits per heavy atom. The van der Waals surface area contributed by atoms with Gasteiger partial charge in [-0.1, -0.05) is 19.4 Å². The average Bonchev–Trinajstić information content (AvgIpc) is 2.99. The van der Waals surface area contributed by atoms with Crippen molar-refractivity contribution in [2.75, 3.05) is 17.6 Å². The Bertz CT molecular complexity index is 469. The van der Waals surface area contributed by atoms with Gasteiger partial charge in [-0.15, -0.1) is 17.9 Å². The number of nitrogens with two attached hydrogens (primary N) is 1. The van der Waals surface area contributed by atoms with Crippen molar-refractivity contribution in [3.63, 3.8) is 0 Å². The predicted molar refractivity (Wildman–Crippen MR) is 81.7 cm³/mol. The van der Waals surface area contributed by atoms with E-state index >= 15 is 0 Å². The van der Waals surface area contributed by atoms with Crippen molar-refractivity contribution in [2.45, 2.75) is 32.2 Å². The van der Waals surface area contributed by atoms with Crippen LogP contribution in [0.15, 0.2) is 18.7 Å². The number of hydrogen-bond acceptors (Lipinski definition) is 4. The third-order valence-corrected chi connectivity index (χ3v) is 4.36. The minimum absolute atomic E-state index is 0.128. The zero-order valence-corrected chi connectivity index (χ0v) is 12.1. The Labute approximate surface area is 118 Å². The maximum Gasteiger partial charge on any atom is 0.263 e. The monoisotopic (exact) mass is 279 g/mol. The van der Waals surface area contributed by atoms with Crippen LogP contribution in [0, 0.1) is 5.92 Å². The molecule has 1 saturated carbocycles. The van der Waals surface area contributed by atoms with Crippen LogP contribution < -0.4 is 16.4 Å². The number of nitrogen functional groups attached to an aromatic ring is 1. The molecule has 4 N–H and O–H groups in total. The van der Waals surface area contributed by atoms with Crippen molar-refractivity contribution in [2.24, 2.45) is 5.92 Å². The molecule has 1 fully saturated rings. The van der Waals surface area contributed by atoms with Crippen molar-refractivity contribution in [1.29, 1.82) is 0 Å². The van der Waals surface area contributed by atoms with Gasteiger partial charge in [0.25, 0.3) is 5.91 Å². The summed E-state index contributed by atoms with van der Waals surface area (Å²) in [7, 11) is 0. The highest BCUT2D eigenvalue weighted by Crippen LogP contribution is 2.39. The van der Waals surface area contributed by atoms with E-state index in [4.69, 9.17) is 5.73 Å². The van der Waals surface area contributed by atoms with E-state index in [1.54, 1.807) is 6.08 Å². The van der Waals surface area contributed by atoms with Crippen LogP contribution >= 0.6 is 11.3 Å². The second kappa shape index (κ2) is 6.10. The standard InChI is InChI=1S/C14H21N3OS/c1-3-5-9-7-11(9)17-12-8-10(15)13(19-12)14(18)16-6-4-2/h4,8-9,11,17H,2-3,5-7,15H2,1H3,(H,16,18). The molecular formula is C14H21N3OS. The van der Waals surface area contributed by atoms with Crippen molar-refractivity contribution in [3.8, 4) is 0 Å². The Hall–Kier alpha value is -1.49. The lowest BCUT2D eigenvalue weighted by molar-refractivity contribution is 0.0963. The molecule has 1 amide bonds. The third kappa shape index (κ3) is 3.50. The maximum absolute atomic E-state index is 11.8. The highest BCUT2D eigenvalue weighted by Gasteiger charge is 2.36. The highest BCUT2D eigenvalue weighted by atomic mass is 32.1. The third-order valence-electron chi connectivity index (χ3n) is 3.28. The first-order chi connectivity index (χ1) is 9.15. The van der Waals surface area contributed by atoms with Crippen molar-refractivity contribution in [1.82, 2.24) is 5.32 Å². The minimum atomic E-state index is -0.128.